The summed E-state index contributed by atoms with van der Waals surface area (Å²) >= 11 is 11.6. The third-order valence-corrected chi connectivity index (χ3v) is 4.77. The fourth-order valence-electron chi connectivity index (χ4n) is 1.88. The number of benzene rings is 1. The Morgan fingerprint density at radius 3 is 2.39 bits per heavy atom. The van der Waals surface area contributed by atoms with Crippen molar-refractivity contribution in [3.8, 4) is 0 Å². The zero-order chi connectivity index (χ0) is 17.2. The van der Waals surface area contributed by atoms with E-state index in [1.165, 1.54) is 31.4 Å². The molecule has 0 unspecified atom stereocenters. The van der Waals surface area contributed by atoms with Gasteiger partial charge in [0.1, 0.15) is 17.1 Å². The summed E-state index contributed by atoms with van der Waals surface area (Å²) in [5.41, 5.74) is 0.243. The topological polar surface area (TPSA) is 85.6 Å². The second-order valence-corrected chi connectivity index (χ2v) is 7.24. The molecular formula is C14H13Cl2NO5S. The zero-order valence-corrected chi connectivity index (χ0v) is 14.6. The molecule has 9 heteroatoms. The highest BCUT2D eigenvalue weighted by Crippen LogP contribution is 2.22. The Morgan fingerprint density at radius 1 is 1.22 bits per heavy atom. The van der Waals surface area contributed by atoms with Gasteiger partial charge in [0.05, 0.1) is 18.6 Å². The van der Waals surface area contributed by atoms with E-state index in [1.54, 1.807) is 6.92 Å². The fourth-order valence-corrected chi connectivity index (χ4v) is 3.60. The van der Waals surface area contributed by atoms with Gasteiger partial charge < -0.3 is 9.15 Å². The molecule has 1 aromatic heterocycles. The van der Waals surface area contributed by atoms with Gasteiger partial charge in [-0.1, -0.05) is 23.2 Å². The van der Waals surface area contributed by atoms with Crippen molar-refractivity contribution in [3.05, 3.63) is 51.4 Å². The smallest absolute Gasteiger partial charge is 0.341 e. The zero-order valence-electron chi connectivity index (χ0n) is 12.2. The van der Waals surface area contributed by atoms with Gasteiger partial charge >= 0.3 is 5.97 Å². The number of ether oxygens (including phenoxy) is 1. The van der Waals surface area contributed by atoms with Crippen molar-refractivity contribution in [3.63, 3.8) is 0 Å². The number of furan rings is 1. The minimum Gasteiger partial charge on any atom is -0.465 e. The van der Waals surface area contributed by atoms with E-state index in [9.17, 15) is 13.2 Å². The summed E-state index contributed by atoms with van der Waals surface area (Å²) in [6, 6.07) is 5.42. The Bertz CT molecular complexity index is 825. The quantitative estimate of drug-likeness (QED) is 0.808. The van der Waals surface area contributed by atoms with Crippen LogP contribution >= 0.6 is 23.2 Å². The largest absolute Gasteiger partial charge is 0.465 e. The molecule has 6 nitrogen and oxygen atoms in total. The molecule has 0 fully saturated rings. The fraction of sp³-hybridized carbons (Fsp3) is 0.214. The number of rotatable bonds is 5. The predicted octanol–water partition coefficient (Wildman–Crippen LogP) is 3.16. The van der Waals surface area contributed by atoms with Gasteiger partial charge in [-0.25, -0.2) is 17.9 Å². The molecule has 0 saturated heterocycles. The van der Waals surface area contributed by atoms with Gasteiger partial charge in [-0.15, -0.1) is 0 Å². The van der Waals surface area contributed by atoms with E-state index < -0.39 is 16.0 Å². The minimum absolute atomic E-state index is 0.0635. The lowest BCUT2D eigenvalue weighted by Gasteiger charge is -2.06. The Morgan fingerprint density at radius 2 is 1.83 bits per heavy atom. The molecule has 1 heterocycles. The van der Waals surface area contributed by atoms with Crippen molar-refractivity contribution in [2.45, 2.75) is 18.4 Å². The van der Waals surface area contributed by atoms with Crippen molar-refractivity contribution >= 4 is 39.2 Å². The van der Waals surface area contributed by atoms with E-state index in [0.717, 1.165) is 0 Å². The number of methoxy groups -OCH3 is 1. The van der Waals surface area contributed by atoms with Crippen LogP contribution in [0.25, 0.3) is 0 Å². The second-order valence-electron chi connectivity index (χ2n) is 4.60. The SMILES string of the molecule is COC(=O)c1cc(CNS(=O)(=O)c2cc(Cl)cc(Cl)c2)oc1C. The number of carbonyl (C=O) groups is 1. The number of esters is 1. The first-order valence-electron chi connectivity index (χ1n) is 6.36. The Hall–Kier alpha value is -1.54. The van der Waals surface area contributed by atoms with Crippen molar-refractivity contribution in [2.75, 3.05) is 7.11 Å². The number of halogens is 2. The highest BCUT2D eigenvalue weighted by molar-refractivity contribution is 7.89. The monoisotopic (exact) mass is 377 g/mol. The lowest BCUT2D eigenvalue weighted by Crippen LogP contribution is -2.23. The molecule has 0 atom stereocenters. The van der Waals surface area contributed by atoms with Crippen LogP contribution in [0, 0.1) is 6.92 Å². The van der Waals surface area contributed by atoms with Crippen molar-refractivity contribution in [1.29, 1.82) is 0 Å². The number of hydrogen-bond donors (Lipinski definition) is 1. The molecular weight excluding hydrogens is 365 g/mol. The lowest BCUT2D eigenvalue weighted by atomic mass is 10.2. The number of carbonyl (C=O) groups excluding carboxylic acids is 1. The molecule has 0 spiro atoms. The summed E-state index contributed by atoms with van der Waals surface area (Å²) in [4.78, 5) is 11.4. The standard InChI is InChI=1S/C14H13Cl2NO5S/c1-8-13(14(18)21-2)6-11(22-8)7-17-23(19,20)12-4-9(15)3-10(16)5-12/h3-6,17H,7H2,1-2H3. The van der Waals surface area contributed by atoms with E-state index in [-0.39, 0.29) is 32.8 Å². The van der Waals surface area contributed by atoms with Crippen LogP contribution in [-0.2, 0) is 21.3 Å². The minimum atomic E-state index is -3.83. The summed E-state index contributed by atoms with van der Waals surface area (Å²) in [6.45, 7) is 1.45. The number of hydrogen-bond acceptors (Lipinski definition) is 5. The molecule has 0 aliphatic rings. The van der Waals surface area contributed by atoms with Crippen molar-refractivity contribution in [2.24, 2.45) is 0 Å². The average Bonchev–Trinajstić information content (AvgIpc) is 2.84. The lowest BCUT2D eigenvalue weighted by molar-refractivity contribution is 0.0599. The molecule has 0 radical (unpaired) electrons. The number of aryl methyl sites for hydroxylation is 1. The van der Waals surface area contributed by atoms with Crippen LogP contribution in [0.15, 0.2) is 33.6 Å². The van der Waals surface area contributed by atoms with E-state index >= 15 is 0 Å². The molecule has 1 aromatic carbocycles. The second kappa shape index (κ2) is 6.92. The highest BCUT2D eigenvalue weighted by Gasteiger charge is 2.19. The third kappa shape index (κ3) is 4.26. The van der Waals surface area contributed by atoms with Gasteiger partial charge in [0.2, 0.25) is 10.0 Å². The van der Waals surface area contributed by atoms with Crippen LogP contribution in [0.2, 0.25) is 10.0 Å². The maximum absolute atomic E-state index is 12.2. The molecule has 0 aliphatic heterocycles. The molecule has 23 heavy (non-hydrogen) atoms. The Balaban J connectivity index is 2.18. The first-order chi connectivity index (χ1) is 10.7. The van der Waals surface area contributed by atoms with Gasteiger partial charge in [0, 0.05) is 10.0 Å². The summed E-state index contributed by atoms with van der Waals surface area (Å²) < 4.78 is 36.8. The van der Waals surface area contributed by atoms with Crippen LogP contribution in [0.5, 0.6) is 0 Å². The first kappa shape index (κ1) is 17.8. The molecule has 2 rings (SSSR count). The van der Waals surface area contributed by atoms with Gasteiger partial charge in [-0.3, -0.25) is 0 Å². The van der Waals surface area contributed by atoms with Crippen molar-refractivity contribution < 1.29 is 22.4 Å². The summed E-state index contributed by atoms with van der Waals surface area (Å²) in [5.74, 6) is 0.0680. The first-order valence-corrected chi connectivity index (χ1v) is 8.60. The summed E-state index contributed by atoms with van der Waals surface area (Å²) in [7, 11) is -2.58. The van der Waals surface area contributed by atoms with Gasteiger partial charge in [0.25, 0.3) is 0 Å². The normalized spacial score (nSPS) is 11.5. The molecule has 0 amide bonds. The van der Waals surface area contributed by atoms with Gasteiger partial charge in [-0.2, -0.15) is 0 Å². The van der Waals surface area contributed by atoms with E-state index in [1.807, 2.05) is 0 Å². The third-order valence-electron chi connectivity index (χ3n) is 2.96. The van der Waals surface area contributed by atoms with E-state index in [4.69, 9.17) is 27.6 Å². The average molecular weight is 378 g/mol. The summed E-state index contributed by atoms with van der Waals surface area (Å²) in [6.07, 6.45) is 0. The molecule has 1 N–H and O–H groups in total. The van der Waals surface area contributed by atoms with Crippen LogP contribution in [-0.4, -0.2) is 21.5 Å². The van der Waals surface area contributed by atoms with Gasteiger partial charge in [-0.05, 0) is 31.2 Å². The predicted molar refractivity (Wildman–Crippen MR) is 85.3 cm³/mol. The number of nitrogens with one attached hydrogen (secondary N) is 1. The molecule has 0 saturated carbocycles. The van der Waals surface area contributed by atoms with Crippen LogP contribution in [0.1, 0.15) is 21.9 Å². The van der Waals surface area contributed by atoms with Crippen LogP contribution in [0.3, 0.4) is 0 Å². The van der Waals surface area contributed by atoms with E-state index in [2.05, 4.69) is 9.46 Å². The Kier molecular flexibility index (Phi) is 5.36. The van der Waals surface area contributed by atoms with Crippen LogP contribution < -0.4 is 4.72 Å². The summed E-state index contributed by atoms with van der Waals surface area (Å²) in [5, 5.41) is 0.416. The van der Waals surface area contributed by atoms with Crippen molar-refractivity contribution in [1.82, 2.24) is 4.72 Å². The molecule has 124 valence electrons. The Labute approximate surface area is 143 Å². The van der Waals surface area contributed by atoms with Gasteiger partial charge in [0.15, 0.2) is 0 Å². The maximum atomic E-state index is 12.2. The highest BCUT2D eigenvalue weighted by atomic mass is 35.5. The number of sulfonamides is 1. The molecule has 2 aromatic rings. The maximum Gasteiger partial charge on any atom is 0.341 e. The molecule has 0 bridgehead atoms. The van der Waals surface area contributed by atoms with Crippen LogP contribution in [0.4, 0.5) is 0 Å². The van der Waals surface area contributed by atoms with E-state index in [0.29, 0.717) is 5.76 Å². The molecule has 0 aliphatic carbocycles.